The number of benzene rings is 9. The maximum Gasteiger partial charge on any atom is 0.159 e. The van der Waals surface area contributed by atoms with Crippen molar-refractivity contribution in [2.75, 3.05) is 4.90 Å². The van der Waals surface area contributed by atoms with Crippen LogP contribution in [0.4, 0.5) is 17.1 Å². The summed E-state index contributed by atoms with van der Waals surface area (Å²) in [6, 6.07) is 72.3. The summed E-state index contributed by atoms with van der Waals surface area (Å²) in [6.45, 7) is 4.73. The highest BCUT2D eigenvalue weighted by molar-refractivity contribution is 6.18. The van der Waals surface area contributed by atoms with Crippen LogP contribution in [-0.4, -0.2) is 0 Å². The van der Waals surface area contributed by atoms with Gasteiger partial charge in [-0.25, -0.2) is 0 Å². The van der Waals surface area contributed by atoms with Gasteiger partial charge in [-0.15, -0.1) is 0 Å². The normalized spacial score (nSPS) is 12.9. The molecule has 0 unspecified atom stereocenters. The highest BCUT2D eigenvalue weighted by Crippen LogP contribution is 2.58. The molecule has 2 nitrogen and oxygen atoms in total. The molecule has 1 heterocycles. The van der Waals surface area contributed by atoms with Crippen LogP contribution in [-0.2, 0) is 5.41 Å². The summed E-state index contributed by atoms with van der Waals surface area (Å²) in [5, 5.41) is 4.66. The summed E-state index contributed by atoms with van der Waals surface area (Å²) in [6.07, 6.45) is 0. The molecule has 1 aromatic heterocycles. The highest BCUT2D eigenvalue weighted by atomic mass is 16.3. The van der Waals surface area contributed by atoms with Crippen LogP contribution in [0.3, 0.4) is 0 Å². The van der Waals surface area contributed by atoms with E-state index >= 15 is 0 Å². The number of anilines is 3. The number of nitrogens with zero attached hydrogens (tertiary/aromatic N) is 1. The third-order valence-electron chi connectivity index (χ3n) is 12.0. The van der Waals surface area contributed by atoms with E-state index in [-0.39, 0.29) is 5.41 Å². The van der Waals surface area contributed by atoms with Crippen LogP contribution in [0.2, 0.25) is 0 Å². The molecule has 9 aromatic carbocycles. The Morgan fingerprint density at radius 3 is 1.67 bits per heavy atom. The minimum Gasteiger partial charge on any atom is -0.453 e. The number of furan rings is 1. The van der Waals surface area contributed by atoms with Gasteiger partial charge >= 0.3 is 0 Å². The van der Waals surface area contributed by atoms with Crippen LogP contribution >= 0.6 is 0 Å². The van der Waals surface area contributed by atoms with E-state index in [4.69, 9.17) is 4.42 Å². The first kappa shape index (κ1) is 33.2. The maximum absolute atomic E-state index is 7.36. The van der Waals surface area contributed by atoms with E-state index in [0.717, 1.165) is 44.6 Å². The first-order chi connectivity index (χ1) is 28.0. The Labute approximate surface area is 332 Å². The molecule has 11 rings (SSSR count). The predicted octanol–water partition coefficient (Wildman–Crippen LogP) is 15.5. The van der Waals surface area contributed by atoms with E-state index in [1.165, 1.54) is 60.8 Å². The second kappa shape index (κ2) is 13.0. The number of para-hydroxylation sites is 2. The summed E-state index contributed by atoms with van der Waals surface area (Å²) >= 11 is 0. The lowest BCUT2D eigenvalue weighted by molar-refractivity contribution is 0.648. The summed E-state index contributed by atoms with van der Waals surface area (Å²) in [5.74, 6) is 0. The largest absolute Gasteiger partial charge is 0.453 e. The van der Waals surface area contributed by atoms with Crippen molar-refractivity contribution in [3.05, 3.63) is 211 Å². The van der Waals surface area contributed by atoms with Crippen molar-refractivity contribution in [3.63, 3.8) is 0 Å². The summed E-state index contributed by atoms with van der Waals surface area (Å²) in [4.78, 5) is 2.43. The third-order valence-corrected chi connectivity index (χ3v) is 12.0. The fourth-order valence-corrected chi connectivity index (χ4v) is 9.32. The Hall–Kier alpha value is -7.16. The SMILES string of the molecule is CC1(C)c2ccccc2-c2cc3c(oc4c(-c5cccc6ccccc56)cccc43)c(N(c3ccccc3)c3ccc(-c4ccc(-c5ccccc5)cc4)cc3)c21. The molecular formula is C55H39NO. The average molecular weight is 730 g/mol. The van der Waals surface area contributed by atoms with Crippen molar-refractivity contribution in [1.29, 1.82) is 0 Å². The summed E-state index contributed by atoms with van der Waals surface area (Å²) in [5.41, 5.74) is 16.9. The van der Waals surface area contributed by atoms with Crippen molar-refractivity contribution >= 4 is 49.8 Å². The van der Waals surface area contributed by atoms with Crippen molar-refractivity contribution in [3.8, 4) is 44.5 Å². The van der Waals surface area contributed by atoms with E-state index in [9.17, 15) is 0 Å². The molecule has 270 valence electrons. The minimum absolute atomic E-state index is 0.291. The molecule has 0 saturated carbocycles. The minimum atomic E-state index is -0.291. The van der Waals surface area contributed by atoms with Crippen molar-refractivity contribution in [1.82, 2.24) is 0 Å². The molecular weight excluding hydrogens is 691 g/mol. The molecule has 2 heteroatoms. The van der Waals surface area contributed by atoms with Gasteiger partial charge in [0.25, 0.3) is 0 Å². The van der Waals surface area contributed by atoms with Crippen LogP contribution in [0.25, 0.3) is 77.2 Å². The Morgan fingerprint density at radius 2 is 0.912 bits per heavy atom. The van der Waals surface area contributed by atoms with Crippen LogP contribution in [0, 0.1) is 0 Å². The van der Waals surface area contributed by atoms with Gasteiger partial charge in [0.2, 0.25) is 0 Å². The quantitative estimate of drug-likeness (QED) is 0.169. The molecule has 0 aliphatic heterocycles. The molecule has 0 bridgehead atoms. The monoisotopic (exact) mass is 729 g/mol. The van der Waals surface area contributed by atoms with E-state index in [1.54, 1.807) is 0 Å². The Balaban J connectivity index is 1.15. The van der Waals surface area contributed by atoms with E-state index in [2.05, 4.69) is 219 Å². The Kier molecular flexibility index (Phi) is 7.55. The smallest absolute Gasteiger partial charge is 0.159 e. The Morgan fingerprint density at radius 1 is 0.386 bits per heavy atom. The maximum atomic E-state index is 7.36. The van der Waals surface area contributed by atoms with Gasteiger partial charge in [-0.3, -0.25) is 0 Å². The van der Waals surface area contributed by atoms with Gasteiger partial charge < -0.3 is 9.32 Å². The lowest BCUT2D eigenvalue weighted by atomic mass is 9.80. The van der Waals surface area contributed by atoms with Gasteiger partial charge in [0.1, 0.15) is 5.58 Å². The molecule has 10 aromatic rings. The topological polar surface area (TPSA) is 16.4 Å². The van der Waals surface area contributed by atoms with Gasteiger partial charge in [0, 0.05) is 33.1 Å². The fraction of sp³-hybridized carbons (Fsp3) is 0.0545. The molecule has 1 aliphatic rings. The zero-order chi connectivity index (χ0) is 38.1. The van der Waals surface area contributed by atoms with Gasteiger partial charge in [-0.1, -0.05) is 184 Å². The van der Waals surface area contributed by atoms with Crippen molar-refractivity contribution in [2.45, 2.75) is 19.3 Å². The lowest BCUT2D eigenvalue weighted by Gasteiger charge is -2.32. The first-order valence-electron chi connectivity index (χ1n) is 19.8. The van der Waals surface area contributed by atoms with Gasteiger partial charge in [-0.2, -0.15) is 0 Å². The lowest BCUT2D eigenvalue weighted by Crippen LogP contribution is -2.21. The molecule has 57 heavy (non-hydrogen) atoms. The highest BCUT2D eigenvalue weighted by Gasteiger charge is 2.41. The number of hydrogen-bond acceptors (Lipinski definition) is 2. The van der Waals surface area contributed by atoms with Crippen LogP contribution in [0.5, 0.6) is 0 Å². The van der Waals surface area contributed by atoms with Crippen LogP contribution in [0.15, 0.2) is 205 Å². The predicted molar refractivity (Wildman–Crippen MR) is 240 cm³/mol. The fourth-order valence-electron chi connectivity index (χ4n) is 9.32. The van der Waals surface area contributed by atoms with Crippen molar-refractivity contribution < 1.29 is 4.42 Å². The molecule has 0 atom stereocenters. The molecule has 0 spiro atoms. The summed E-state index contributed by atoms with van der Waals surface area (Å²) in [7, 11) is 0. The first-order valence-corrected chi connectivity index (χ1v) is 19.8. The zero-order valence-electron chi connectivity index (χ0n) is 31.9. The van der Waals surface area contributed by atoms with Crippen LogP contribution < -0.4 is 4.90 Å². The second-order valence-electron chi connectivity index (χ2n) is 15.7. The van der Waals surface area contributed by atoms with Crippen molar-refractivity contribution in [2.24, 2.45) is 0 Å². The zero-order valence-corrected chi connectivity index (χ0v) is 31.9. The molecule has 0 fully saturated rings. The molecule has 0 amide bonds. The number of fused-ring (bicyclic) bond motifs is 7. The number of rotatable bonds is 6. The summed E-state index contributed by atoms with van der Waals surface area (Å²) < 4.78 is 7.36. The van der Waals surface area contributed by atoms with E-state index in [0.29, 0.717) is 0 Å². The van der Waals surface area contributed by atoms with Gasteiger partial charge in [0.15, 0.2) is 5.58 Å². The second-order valence-corrected chi connectivity index (χ2v) is 15.7. The molecule has 0 N–H and O–H groups in total. The van der Waals surface area contributed by atoms with Gasteiger partial charge in [0.05, 0.1) is 5.69 Å². The van der Waals surface area contributed by atoms with E-state index < -0.39 is 0 Å². The molecule has 0 radical (unpaired) electrons. The van der Waals surface area contributed by atoms with E-state index in [1.807, 2.05) is 0 Å². The third kappa shape index (κ3) is 5.25. The number of hydrogen-bond donors (Lipinski definition) is 0. The molecule has 1 aliphatic carbocycles. The standard InChI is InChI=1S/C55H39NO/c1-55(2)50-26-12-11-22-45(50)48-35-49-47-25-14-24-46(44-23-13-18-40-17-9-10-21-43(40)44)53(47)57-54(49)52(51(48)55)56(41-19-7-4-8-20-41)42-33-31-39(32-34-42)38-29-27-37(28-30-38)36-15-5-3-6-16-36/h3-35H,1-2H3. The van der Waals surface area contributed by atoms with Crippen LogP contribution in [0.1, 0.15) is 25.0 Å². The van der Waals surface area contributed by atoms with Gasteiger partial charge in [-0.05, 0) is 91.2 Å². The molecule has 0 saturated heterocycles. The average Bonchev–Trinajstić information content (AvgIpc) is 3.76. The Bertz CT molecular complexity index is 3110.